The zero-order valence-electron chi connectivity index (χ0n) is 13.1. The second kappa shape index (κ2) is 8.65. The van der Waals surface area contributed by atoms with Gasteiger partial charge in [-0.2, -0.15) is 0 Å². The van der Waals surface area contributed by atoms with Crippen molar-refractivity contribution < 1.29 is 19.3 Å². The maximum Gasteiger partial charge on any atom is 0.273 e. The van der Waals surface area contributed by atoms with Crippen LogP contribution >= 0.6 is 11.6 Å². The Balaban J connectivity index is 1.93. The fourth-order valence-electron chi connectivity index (χ4n) is 1.87. The van der Waals surface area contributed by atoms with Crippen molar-refractivity contribution >= 4 is 35.1 Å². The van der Waals surface area contributed by atoms with Crippen molar-refractivity contribution in [2.45, 2.75) is 6.61 Å². The van der Waals surface area contributed by atoms with Crippen LogP contribution in [0.5, 0.6) is 5.75 Å². The Hall–Kier alpha value is -3.13. The van der Waals surface area contributed by atoms with Gasteiger partial charge in [-0.3, -0.25) is 14.9 Å². The maximum atomic E-state index is 11.8. The lowest BCUT2D eigenvalue weighted by Crippen LogP contribution is -2.13. The van der Waals surface area contributed by atoms with E-state index in [4.69, 9.17) is 21.2 Å². The molecule has 0 heterocycles. The predicted octanol–water partition coefficient (Wildman–Crippen LogP) is 3.40. The normalized spacial score (nSPS) is 10.5. The molecule has 0 radical (unpaired) electrons. The number of nitrogens with zero attached hydrogens (tertiary/aromatic N) is 2. The standard InChI is InChI=1S/C16H14ClN3O5/c1-24-15-8-12(20(22)23)6-7-14(15)19-16(21)9-18-25-10-11-4-2-3-5-13(11)17/h2-9H,10H2,1H3,(H,19,21)/b18-9-. The third-order valence-corrected chi connectivity index (χ3v) is 3.44. The summed E-state index contributed by atoms with van der Waals surface area (Å²) in [5.41, 5.74) is 0.862. The summed E-state index contributed by atoms with van der Waals surface area (Å²) in [4.78, 5) is 27.0. The van der Waals surface area contributed by atoms with E-state index in [0.29, 0.717) is 5.02 Å². The van der Waals surface area contributed by atoms with Gasteiger partial charge in [0.2, 0.25) is 0 Å². The molecule has 1 amide bonds. The van der Waals surface area contributed by atoms with Gasteiger partial charge in [-0.05, 0) is 12.1 Å². The molecule has 25 heavy (non-hydrogen) atoms. The van der Waals surface area contributed by atoms with E-state index >= 15 is 0 Å². The van der Waals surface area contributed by atoms with Crippen molar-refractivity contribution in [3.05, 3.63) is 63.2 Å². The summed E-state index contributed by atoms with van der Waals surface area (Å²) in [5.74, 6) is -0.417. The first-order chi connectivity index (χ1) is 12.0. The van der Waals surface area contributed by atoms with Gasteiger partial charge in [0, 0.05) is 16.7 Å². The lowest BCUT2D eigenvalue weighted by Gasteiger charge is -2.08. The minimum absolute atomic E-state index is 0.115. The number of methoxy groups -OCH3 is 1. The lowest BCUT2D eigenvalue weighted by molar-refractivity contribution is -0.384. The number of ether oxygens (including phenoxy) is 1. The molecular formula is C16H14ClN3O5. The summed E-state index contributed by atoms with van der Waals surface area (Å²) in [7, 11) is 1.34. The van der Waals surface area contributed by atoms with Crippen LogP contribution in [0.25, 0.3) is 0 Å². The van der Waals surface area contributed by atoms with Crippen LogP contribution in [0.3, 0.4) is 0 Å². The Morgan fingerprint density at radius 3 is 2.80 bits per heavy atom. The Kier molecular flexibility index (Phi) is 6.30. The second-order valence-corrected chi connectivity index (χ2v) is 5.14. The molecule has 2 aromatic rings. The van der Waals surface area contributed by atoms with E-state index in [0.717, 1.165) is 11.8 Å². The third kappa shape index (κ3) is 5.18. The number of anilines is 1. The number of hydrogen-bond acceptors (Lipinski definition) is 6. The van der Waals surface area contributed by atoms with Crippen molar-refractivity contribution in [1.82, 2.24) is 0 Å². The summed E-state index contributed by atoms with van der Waals surface area (Å²) in [6, 6.07) is 10.9. The minimum atomic E-state index is -0.577. The first-order valence-electron chi connectivity index (χ1n) is 7.03. The number of amides is 1. The fraction of sp³-hybridized carbons (Fsp3) is 0.125. The molecule has 0 aromatic heterocycles. The Labute approximate surface area is 148 Å². The number of rotatable bonds is 7. The SMILES string of the molecule is COc1cc([N+](=O)[O-])ccc1NC(=O)/C=N\OCc1ccccc1Cl. The number of carbonyl (C=O) groups is 1. The van der Waals surface area contributed by atoms with Crippen LogP contribution in [0.4, 0.5) is 11.4 Å². The first-order valence-corrected chi connectivity index (χ1v) is 7.41. The smallest absolute Gasteiger partial charge is 0.273 e. The summed E-state index contributed by atoms with van der Waals surface area (Å²) in [6.07, 6.45) is 0.942. The van der Waals surface area contributed by atoms with Crippen molar-refractivity contribution in [1.29, 1.82) is 0 Å². The highest BCUT2D eigenvalue weighted by Gasteiger charge is 2.12. The van der Waals surface area contributed by atoms with Crippen molar-refractivity contribution in [3.63, 3.8) is 0 Å². The minimum Gasteiger partial charge on any atom is -0.494 e. The Morgan fingerprint density at radius 1 is 1.36 bits per heavy atom. The van der Waals surface area contributed by atoms with Gasteiger partial charge in [0.25, 0.3) is 11.6 Å². The van der Waals surface area contributed by atoms with Gasteiger partial charge in [-0.15, -0.1) is 0 Å². The van der Waals surface area contributed by atoms with E-state index in [1.807, 2.05) is 6.07 Å². The average Bonchev–Trinajstić information content (AvgIpc) is 2.60. The zero-order valence-corrected chi connectivity index (χ0v) is 13.9. The quantitative estimate of drug-likeness (QED) is 0.461. The van der Waals surface area contributed by atoms with Gasteiger partial charge in [0.1, 0.15) is 18.6 Å². The topological polar surface area (TPSA) is 103 Å². The molecule has 0 saturated heterocycles. The molecule has 0 atom stereocenters. The molecule has 0 aliphatic carbocycles. The molecule has 0 saturated carbocycles. The monoisotopic (exact) mass is 363 g/mol. The van der Waals surface area contributed by atoms with Crippen molar-refractivity contribution in [2.24, 2.45) is 5.16 Å². The van der Waals surface area contributed by atoms with Crippen molar-refractivity contribution in [3.8, 4) is 5.75 Å². The fourth-order valence-corrected chi connectivity index (χ4v) is 2.06. The van der Waals surface area contributed by atoms with Gasteiger partial charge >= 0.3 is 0 Å². The second-order valence-electron chi connectivity index (χ2n) is 4.73. The van der Waals surface area contributed by atoms with Gasteiger partial charge in [0.05, 0.1) is 23.8 Å². The molecule has 0 aliphatic rings. The highest BCUT2D eigenvalue weighted by Crippen LogP contribution is 2.28. The number of nitrogens with one attached hydrogen (secondary N) is 1. The van der Waals surface area contributed by atoms with Gasteiger partial charge in [-0.25, -0.2) is 0 Å². The van der Waals surface area contributed by atoms with Crippen LogP contribution in [-0.4, -0.2) is 24.2 Å². The number of hydrogen-bond donors (Lipinski definition) is 1. The number of nitro groups is 1. The molecule has 2 aromatic carbocycles. The average molecular weight is 364 g/mol. The predicted molar refractivity (Wildman–Crippen MR) is 93.0 cm³/mol. The van der Waals surface area contributed by atoms with E-state index in [-0.39, 0.29) is 23.7 Å². The molecule has 8 nitrogen and oxygen atoms in total. The van der Waals surface area contributed by atoms with Crippen LogP contribution in [0.1, 0.15) is 5.56 Å². The molecule has 9 heteroatoms. The van der Waals surface area contributed by atoms with E-state index in [2.05, 4.69) is 10.5 Å². The van der Waals surface area contributed by atoms with Crippen LogP contribution in [0.2, 0.25) is 5.02 Å². The van der Waals surface area contributed by atoms with Gasteiger partial charge in [0.15, 0.2) is 0 Å². The zero-order chi connectivity index (χ0) is 18.2. The summed E-state index contributed by atoms with van der Waals surface area (Å²) < 4.78 is 5.02. The number of nitro benzene ring substituents is 1. The molecular weight excluding hydrogens is 350 g/mol. The van der Waals surface area contributed by atoms with E-state index in [9.17, 15) is 14.9 Å². The first kappa shape index (κ1) is 18.2. The lowest BCUT2D eigenvalue weighted by atomic mass is 10.2. The molecule has 0 spiro atoms. The number of carbonyl (C=O) groups excluding carboxylic acids is 1. The molecule has 2 rings (SSSR count). The Morgan fingerprint density at radius 2 is 2.12 bits per heavy atom. The van der Waals surface area contributed by atoms with Crippen LogP contribution < -0.4 is 10.1 Å². The maximum absolute atomic E-state index is 11.8. The molecule has 0 unspecified atom stereocenters. The number of benzene rings is 2. The summed E-state index contributed by atoms with van der Waals surface area (Å²) in [6.45, 7) is 0.115. The number of non-ortho nitro benzene ring substituents is 1. The Bertz CT molecular complexity index is 810. The van der Waals surface area contributed by atoms with Gasteiger partial charge in [-0.1, -0.05) is 35.0 Å². The van der Waals surface area contributed by atoms with Crippen LogP contribution in [0, 0.1) is 10.1 Å². The number of oxime groups is 1. The summed E-state index contributed by atoms with van der Waals surface area (Å²) >= 11 is 5.97. The third-order valence-electron chi connectivity index (χ3n) is 3.08. The van der Waals surface area contributed by atoms with Gasteiger partial charge < -0.3 is 14.9 Å². The molecule has 0 fully saturated rings. The summed E-state index contributed by atoms with van der Waals surface area (Å²) in [5, 5.41) is 17.3. The highest BCUT2D eigenvalue weighted by molar-refractivity contribution is 6.32. The van der Waals surface area contributed by atoms with Crippen molar-refractivity contribution in [2.75, 3.05) is 12.4 Å². The van der Waals surface area contributed by atoms with E-state index in [1.165, 1.54) is 25.3 Å². The largest absolute Gasteiger partial charge is 0.494 e. The van der Waals surface area contributed by atoms with E-state index in [1.54, 1.807) is 18.2 Å². The van der Waals surface area contributed by atoms with Crippen LogP contribution in [0.15, 0.2) is 47.6 Å². The molecule has 0 aliphatic heterocycles. The van der Waals surface area contributed by atoms with E-state index < -0.39 is 10.8 Å². The molecule has 1 N–H and O–H groups in total. The van der Waals surface area contributed by atoms with Crippen LogP contribution in [-0.2, 0) is 16.2 Å². The molecule has 130 valence electrons. The molecule has 0 bridgehead atoms. The number of halogens is 1. The highest BCUT2D eigenvalue weighted by atomic mass is 35.5.